The van der Waals surface area contributed by atoms with Gasteiger partial charge in [-0.05, 0) is 43.0 Å². The topological polar surface area (TPSA) is 33.2 Å². The summed E-state index contributed by atoms with van der Waals surface area (Å²) in [6, 6.07) is 16.0. The minimum atomic E-state index is 0.0782. The first kappa shape index (κ1) is 14.5. The Morgan fingerprint density at radius 2 is 1.95 bits per heavy atom. The minimum Gasteiger partial charge on any atom is -0.331 e. The summed E-state index contributed by atoms with van der Waals surface area (Å²) in [6.45, 7) is 2.79. The highest BCUT2D eigenvalue weighted by atomic mass is 16.2. The first-order chi connectivity index (χ1) is 10.8. The van der Waals surface area contributed by atoms with E-state index in [1.165, 1.54) is 0 Å². The summed E-state index contributed by atoms with van der Waals surface area (Å²) in [5, 5.41) is 0. The van der Waals surface area contributed by atoms with Gasteiger partial charge in [0.25, 0.3) is 0 Å². The third-order valence-electron chi connectivity index (χ3n) is 4.13. The number of nitrogens with zero attached hydrogens (tertiary/aromatic N) is 2. The molecule has 0 radical (unpaired) electrons. The number of hydrogen-bond acceptors (Lipinski definition) is 2. The van der Waals surface area contributed by atoms with E-state index in [1.807, 2.05) is 60.4 Å². The van der Waals surface area contributed by atoms with Gasteiger partial charge in [-0.15, -0.1) is 0 Å². The highest BCUT2D eigenvalue weighted by Crippen LogP contribution is 2.31. The first-order valence-corrected chi connectivity index (χ1v) is 7.71. The number of amides is 1. The Bertz CT molecular complexity index is 664. The highest BCUT2D eigenvalue weighted by molar-refractivity contribution is 5.95. The van der Waals surface area contributed by atoms with Crippen LogP contribution < -0.4 is 0 Å². The third kappa shape index (κ3) is 3.08. The van der Waals surface area contributed by atoms with Gasteiger partial charge in [0.1, 0.15) is 0 Å². The minimum absolute atomic E-state index is 0.0782. The Morgan fingerprint density at radius 3 is 2.68 bits per heavy atom. The standard InChI is InChI=1S/C19H20N2O/c1-15(16-8-3-2-4-9-16)14-19(22)21-13-7-11-18(21)17-10-5-6-12-20-17/h2-6,8-10,12,14,18H,7,11,13H2,1H3/b15-14-/t18-/m0/s1. The first-order valence-electron chi connectivity index (χ1n) is 7.71. The van der Waals surface area contributed by atoms with Gasteiger partial charge in [-0.3, -0.25) is 9.78 Å². The van der Waals surface area contributed by atoms with Crippen LogP contribution in [0.1, 0.15) is 37.1 Å². The summed E-state index contributed by atoms with van der Waals surface area (Å²) in [5.74, 6) is 0.0782. The van der Waals surface area contributed by atoms with Crippen LogP contribution in [0, 0.1) is 0 Å². The van der Waals surface area contributed by atoms with Crippen LogP contribution in [-0.2, 0) is 4.79 Å². The second-order valence-electron chi connectivity index (χ2n) is 5.64. The Morgan fingerprint density at radius 1 is 1.18 bits per heavy atom. The lowest BCUT2D eigenvalue weighted by Gasteiger charge is -2.23. The van der Waals surface area contributed by atoms with Crippen molar-refractivity contribution in [1.29, 1.82) is 0 Å². The second kappa shape index (κ2) is 6.56. The van der Waals surface area contributed by atoms with Crippen LogP contribution in [0.3, 0.4) is 0 Å². The molecule has 0 spiro atoms. The molecule has 3 nitrogen and oxygen atoms in total. The van der Waals surface area contributed by atoms with Crippen LogP contribution in [0.5, 0.6) is 0 Å². The fraction of sp³-hybridized carbons (Fsp3) is 0.263. The van der Waals surface area contributed by atoms with E-state index in [0.717, 1.165) is 36.2 Å². The summed E-state index contributed by atoms with van der Waals surface area (Å²) in [4.78, 5) is 19.0. The lowest BCUT2D eigenvalue weighted by molar-refractivity contribution is -0.126. The molecule has 1 fully saturated rings. The largest absolute Gasteiger partial charge is 0.331 e. The molecule has 1 aliphatic heterocycles. The van der Waals surface area contributed by atoms with Crippen molar-refractivity contribution in [1.82, 2.24) is 9.88 Å². The normalized spacial score (nSPS) is 18.5. The van der Waals surface area contributed by atoms with Gasteiger partial charge < -0.3 is 4.90 Å². The molecule has 2 aromatic rings. The van der Waals surface area contributed by atoms with Crippen LogP contribution >= 0.6 is 0 Å². The molecule has 0 aliphatic carbocycles. The van der Waals surface area contributed by atoms with Crippen LogP contribution in [0.4, 0.5) is 0 Å². The van der Waals surface area contributed by atoms with E-state index in [4.69, 9.17) is 0 Å². The molecule has 2 heterocycles. The molecule has 112 valence electrons. The Balaban J connectivity index is 1.80. The maximum atomic E-state index is 12.6. The third-order valence-corrected chi connectivity index (χ3v) is 4.13. The van der Waals surface area contributed by atoms with Gasteiger partial charge in [0.05, 0.1) is 11.7 Å². The molecule has 1 saturated heterocycles. The molecule has 1 atom stereocenters. The summed E-state index contributed by atoms with van der Waals surface area (Å²) < 4.78 is 0. The maximum Gasteiger partial charge on any atom is 0.247 e. The average Bonchev–Trinajstić information content (AvgIpc) is 3.06. The van der Waals surface area contributed by atoms with Crippen molar-refractivity contribution in [2.24, 2.45) is 0 Å². The van der Waals surface area contributed by atoms with Crippen molar-refractivity contribution in [3.05, 3.63) is 72.1 Å². The van der Waals surface area contributed by atoms with Crippen LogP contribution in [-0.4, -0.2) is 22.3 Å². The van der Waals surface area contributed by atoms with E-state index < -0.39 is 0 Å². The number of rotatable bonds is 3. The van der Waals surface area contributed by atoms with E-state index >= 15 is 0 Å². The molecule has 0 saturated carbocycles. The Labute approximate surface area is 131 Å². The van der Waals surface area contributed by atoms with E-state index in [9.17, 15) is 4.79 Å². The molecular weight excluding hydrogens is 272 g/mol. The number of benzene rings is 1. The highest BCUT2D eigenvalue weighted by Gasteiger charge is 2.29. The number of carbonyl (C=O) groups is 1. The molecule has 3 heteroatoms. The summed E-state index contributed by atoms with van der Waals surface area (Å²) in [6.07, 6.45) is 5.56. The molecular formula is C19H20N2O. The van der Waals surface area contributed by atoms with Crippen molar-refractivity contribution < 1.29 is 4.79 Å². The molecule has 1 aromatic heterocycles. The SMILES string of the molecule is C/C(=C/C(=O)N1CCC[C@H]1c1ccccn1)c1ccccc1. The van der Waals surface area contributed by atoms with Crippen LogP contribution in [0.15, 0.2) is 60.8 Å². The molecule has 3 rings (SSSR count). The smallest absolute Gasteiger partial charge is 0.247 e. The lowest BCUT2D eigenvalue weighted by Crippen LogP contribution is -2.29. The van der Waals surface area contributed by atoms with Crippen molar-refractivity contribution >= 4 is 11.5 Å². The molecule has 0 N–H and O–H groups in total. The number of aromatic nitrogens is 1. The zero-order valence-electron chi connectivity index (χ0n) is 12.8. The van der Waals surface area contributed by atoms with Gasteiger partial charge in [-0.2, -0.15) is 0 Å². The summed E-state index contributed by atoms with van der Waals surface area (Å²) in [7, 11) is 0. The number of likely N-dealkylation sites (tertiary alicyclic amines) is 1. The van der Waals surface area contributed by atoms with Gasteiger partial charge in [-0.25, -0.2) is 0 Å². The fourth-order valence-corrected chi connectivity index (χ4v) is 2.96. The molecule has 1 aliphatic rings. The molecule has 22 heavy (non-hydrogen) atoms. The van der Waals surface area contributed by atoms with Crippen molar-refractivity contribution in [2.45, 2.75) is 25.8 Å². The molecule has 1 amide bonds. The summed E-state index contributed by atoms with van der Waals surface area (Å²) >= 11 is 0. The predicted octanol–water partition coefficient (Wildman–Crippen LogP) is 3.85. The van der Waals surface area contributed by atoms with Gasteiger partial charge in [0.2, 0.25) is 5.91 Å². The number of hydrogen-bond donors (Lipinski definition) is 0. The molecule has 0 bridgehead atoms. The zero-order valence-corrected chi connectivity index (χ0v) is 12.8. The number of carbonyl (C=O) groups excluding carboxylic acids is 1. The van der Waals surface area contributed by atoms with Crippen LogP contribution in [0.25, 0.3) is 5.57 Å². The van der Waals surface area contributed by atoms with Gasteiger partial charge in [0.15, 0.2) is 0 Å². The van der Waals surface area contributed by atoms with E-state index in [2.05, 4.69) is 4.98 Å². The van der Waals surface area contributed by atoms with E-state index in [1.54, 1.807) is 12.3 Å². The van der Waals surface area contributed by atoms with Crippen molar-refractivity contribution in [3.63, 3.8) is 0 Å². The van der Waals surface area contributed by atoms with E-state index in [0.29, 0.717) is 0 Å². The monoisotopic (exact) mass is 292 g/mol. The Kier molecular flexibility index (Phi) is 4.33. The van der Waals surface area contributed by atoms with E-state index in [-0.39, 0.29) is 11.9 Å². The average molecular weight is 292 g/mol. The lowest BCUT2D eigenvalue weighted by atomic mass is 10.1. The second-order valence-corrected chi connectivity index (χ2v) is 5.64. The summed E-state index contributed by atoms with van der Waals surface area (Å²) in [5.41, 5.74) is 3.07. The number of allylic oxidation sites excluding steroid dienone is 1. The predicted molar refractivity (Wildman–Crippen MR) is 88.0 cm³/mol. The van der Waals surface area contributed by atoms with Crippen molar-refractivity contribution in [2.75, 3.05) is 6.54 Å². The van der Waals surface area contributed by atoms with Gasteiger partial charge in [-0.1, -0.05) is 36.4 Å². The van der Waals surface area contributed by atoms with Crippen molar-refractivity contribution in [3.8, 4) is 0 Å². The maximum absolute atomic E-state index is 12.6. The Hall–Kier alpha value is -2.42. The van der Waals surface area contributed by atoms with Gasteiger partial charge in [0, 0.05) is 18.8 Å². The molecule has 1 aromatic carbocycles. The fourth-order valence-electron chi connectivity index (χ4n) is 2.96. The number of pyridine rings is 1. The van der Waals surface area contributed by atoms with Crippen LogP contribution in [0.2, 0.25) is 0 Å². The van der Waals surface area contributed by atoms with Gasteiger partial charge >= 0.3 is 0 Å². The molecule has 0 unspecified atom stereocenters. The zero-order chi connectivity index (χ0) is 15.4. The quantitative estimate of drug-likeness (QED) is 0.805.